The Bertz CT molecular complexity index is 470. The van der Waals surface area contributed by atoms with Crippen LogP contribution in [0.4, 0.5) is 0 Å². The standard InChI is InChI=1S/C15H21Cl2N3O/c1-19(11-12-13(16)3-2-4-14(12)17)8-5-15(21)20-9-6-18-7-10-20/h2-4,18H,5-11H2,1H3. The van der Waals surface area contributed by atoms with E-state index in [9.17, 15) is 4.79 Å². The summed E-state index contributed by atoms with van der Waals surface area (Å²) < 4.78 is 0. The number of nitrogens with zero attached hydrogens (tertiary/aromatic N) is 2. The molecule has 1 aliphatic rings. The third-order valence-corrected chi connectivity index (χ3v) is 4.38. The number of piperazine rings is 1. The zero-order valence-electron chi connectivity index (χ0n) is 12.2. The molecule has 1 saturated heterocycles. The zero-order chi connectivity index (χ0) is 15.2. The number of halogens is 2. The van der Waals surface area contributed by atoms with Crippen LogP contribution >= 0.6 is 23.2 Å². The van der Waals surface area contributed by atoms with E-state index in [4.69, 9.17) is 23.2 Å². The van der Waals surface area contributed by atoms with Gasteiger partial charge in [-0.25, -0.2) is 0 Å². The molecule has 0 aromatic heterocycles. The molecule has 21 heavy (non-hydrogen) atoms. The summed E-state index contributed by atoms with van der Waals surface area (Å²) in [6.07, 6.45) is 0.526. The summed E-state index contributed by atoms with van der Waals surface area (Å²) >= 11 is 12.3. The first-order valence-corrected chi connectivity index (χ1v) is 7.93. The predicted octanol–water partition coefficient (Wildman–Crippen LogP) is 2.25. The lowest BCUT2D eigenvalue weighted by Crippen LogP contribution is -2.47. The van der Waals surface area contributed by atoms with Crippen LogP contribution in [0.1, 0.15) is 12.0 Å². The van der Waals surface area contributed by atoms with Gasteiger partial charge in [-0.2, -0.15) is 0 Å². The molecule has 1 heterocycles. The number of hydrogen-bond acceptors (Lipinski definition) is 3. The van der Waals surface area contributed by atoms with Crippen LogP contribution in [0.3, 0.4) is 0 Å². The smallest absolute Gasteiger partial charge is 0.223 e. The van der Waals surface area contributed by atoms with Crippen molar-refractivity contribution in [2.75, 3.05) is 39.8 Å². The number of nitrogens with one attached hydrogen (secondary N) is 1. The van der Waals surface area contributed by atoms with Gasteiger partial charge in [-0.05, 0) is 19.2 Å². The highest BCUT2D eigenvalue weighted by molar-refractivity contribution is 6.35. The van der Waals surface area contributed by atoms with Crippen LogP contribution in [0.5, 0.6) is 0 Å². The van der Waals surface area contributed by atoms with Crippen molar-refractivity contribution in [1.29, 1.82) is 0 Å². The Kier molecular flexibility index (Phi) is 6.30. The van der Waals surface area contributed by atoms with Crippen LogP contribution in [0.25, 0.3) is 0 Å². The molecule has 0 saturated carbocycles. The Morgan fingerprint density at radius 2 is 1.90 bits per heavy atom. The molecule has 1 amide bonds. The third kappa shape index (κ3) is 4.85. The molecular weight excluding hydrogens is 309 g/mol. The van der Waals surface area contributed by atoms with E-state index >= 15 is 0 Å². The van der Waals surface area contributed by atoms with Crippen molar-refractivity contribution in [2.45, 2.75) is 13.0 Å². The normalized spacial score (nSPS) is 15.5. The van der Waals surface area contributed by atoms with E-state index in [0.717, 1.165) is 31.7 Å². The maximum Gasteiger partial charge on any atom is 0.223 e. The van der Waals surface area contributed by atoms with Crippen LogP contribution in [-0.2, 0) is 11.3 Å². The van der Waals surface area contributed by atoms with Crippen molar-refractivity contribution < 1.29 is 4.79 Å². The zero-order valence-corrected chi connectivity index (χ0v) is 13.8. The van der Waals surface area contributed by atoms with E-state index in [0.29, 0.717) is 29.6 Å². The fourth-order valence-electron chi connectivity index (χ4n) is 2.39. The van der Waals surface area contributed by atoms with E-state index in [1.165, 1.54) is 0 Å². The summed E-state index contributed by atoms with van der Waals surface area (Å²) in [5.74, 6) is 0.216. The largest absolute Gasteiger partial charge is 0.340 e. The fourth-order valence-corrected chi connectivity index (χ4v) is 2.91. The summed E-state index contributed by atoms with van der Waals surface area (Å²) in [5.41, 5.74) is 0.915. The third-order valence-electron chi connectivity index (χ3n) is 3.67. The highest BCUT2D eigenvalue weighted by Gasteiger charge is 2.16. The van der Waals surface area contributed by atoms with Crippen molar-refractivity contribution in [2.24, 2.45) is 0 Å². The van der Waals surface area contributed by atoms with Gasteiger partial charge in [0.1, 0.15) is 0 Å². The molecule has 116 valence electrons. The average Bonchev–Trinajstić information content (AvgIpc) is 2.49. The first kappa shape index (κ1) is 16.6. The van der Waals surface area contributed by atoms with Gasteiger partial charge in [-0.3, -0.25) is 4.79 Å². The number of hydrogen-bond donors (Lipinski definition) is 1. The van der Waals surface area contributed by atoms with Crippen molar-refractivity contribution in [3.8, 4) is 0 Å². The van der Waals surface area contributed by atoms with Gasteiger partial charge in [0.15, 0.2) is 0 Å². The van der Waals surface area contributed by atoms with E-state index in [1.807, 2.05) is 30.1 Å². The van der Waals surface area contributed by atoms with Crippen LogP contribution in [-0.4, -0.2) is 55.5 Å². The molecule has 1 aromatic carbocycles. The summed E-state index contributed by atoms with van der Waals surface area (Å²) in [6, 6.07) is 5.51. The van der Waals surface area contributed by atoms with Crippen LogP contribution in [0.15, 0.2) is 18.2 Å². The van der Waals surface area contributed by atoms with Gasteiger partial charge in [0.05, 0.1) is 0 Å². The highest BCUT2D eigenvalue weighted by atomic mass is 35.5. The highest BCUT2D eigenvalue weighted by Crippen LogP contribution is 2.25. The lowest BCUT2D eigenvalue weighted by molar-refractivity contribution is -0.132. The molecule has 6 heteroatoms. The summed E-state index contributed by atoms with van der Waals surface area (Å²) in [5, 5.41) is 4.58. The second kappa shape index (κ2) is 7.99. The Hall–Kier alpha value is -0.810. The van der Waals surface area contributed by atoms with E-state index in [2.05, 4.69) is 10.2 Å². The number of carbonyl (C=O) groups excluding carboxylic acids is 1. The molecule has 1 fully saturated rings. The molecule has 4 nitrogen and oxygen atoms in total. The molecule has 0 unspecified atom stereocenters. The maximum atomic E-state index is 12.1. The van der Waals surface area contributed by atoms with Crippen LogP contribution < -0.4 is 5.32 Å². The van der Waals surface area contributed by atoms with Gasteiger partial charge in [0.25, 0.3) is 0 Å². The van der Waals surface area contributed by atoms with Gasteiger partial charge < -0.3 is 15.1 Å². The quantitative estimate of drug-likeness (QED) is 0.899. The van der Waals surface area contributed by atoms with Gasteiger partial charge in [0.2, 0.25) is 5.91 Å². The van der Waals surface area contributed by atoms with E-state index < -0.39 is 0 Å². The Morgan fingerprint density at radius 3 is 2.52 bits per heavy atom. The molecule has 1 N–H and O–H groups in total. The van der Waals surface area contributed by atoms with Crippen molar-refractivity contribution in [3.05, 3.63) is 33.8 Å². The lowest BCUT2D eigenvalue weighted by atomic mass is 10.2. The van der Waals surface area contributed by atoms with Gasteiger partial charge in [0, 0.05) is 61.3 Å². The minimum Gasteiger partial charge on any atom is -0.340 e. The Balaban J connectivity index is 1.81. The Morgan fingerprint density at radius 1 is 1.29 bits per heavy atom. The van der Waals surface area contributed by atoms with Crippen LogP contribution in [0.2, 0.25) is 10.0 Å². The minimum atomic E-state index is 0.216. The Labute approximate surface area is 136 Å². The van der Waals surface area contributed by atoms with Crippen molar-refractivity contribution >= 4 is 29.1 Å². The average molecular weight is 330 g/mol. The molecule has 0 aliphatic carbocycles. The first-order valence-electron chi connectivity index (χ1n) is 7.18. The van der Waals surface area contributed by atoms with Gasteiger partial charge in [-0.15, -0.1) is 0 Å². The molecule has 2 rings (SSSR count). The summed E-state index contributed by atoms with van der Waals surface area (Å²) in [6.45, 7) is 4.73. The molecule has 1 aliphatic heterocycles. The van der Waals surface area contributed by atoms with Gasteiger partial charge in [-0.1, -0.05) is 29.3 Å². The molecule has 0 spiro atoms. The summed E-state index contributed by atoms with van der Waals surface area (Å²) in [7, 11) is 1.98. The first-order chi connectivity index (χ1) is 10.1. The monoisotopic (exact) mass is 329 g/mol. The number of carbonyl (C=O) groups is 1. The van der Waals surface area contributed by atoms with Crippen molar-refractivity contribution in [3.63, 3.8) is 0 Å². The number of rotatable bonds is 5. The van der Waals surface area contributed by atoms with E-state index in [-0.39, 0.29) is 5.91 Å². The minimum absolute atomic E-state index is 0.216. The molecule has 0 atom stereocenters. The molecule has 0 bridgehead atoms. The SMILES string of the molecule is CN(CCC(=O)N1CCNCC1)Cc1c(Cl)cccc1Cl. The maximum absolute atomic E-state index is 12.1. The number of benzene rings is 1. The molecule has 1 aromatic rings. The molecular formula is C15H21Cl2N3O. The second-order valence-electron chi connectivity index (χ2n) is 5.32. The number of amides is 1. The van der Waals surface area contributed by atoms with Crippen molar-refractivity contribution in [1.82, 2.24) is 15.1 Å². The second-order valence-corrected chi connectivity index (χ2v) is 6.13. The van der Waals surface area contributed by atoms with E-state index in [1.54, 1.807) is 0 Å². The molecule has 0 radical (unpaired) electrons. The summed E-state index contributed by atoms with van der Waals surface area (Å²) in [4.78, 5) is 16.1. The fraction of sp³-hybridized carbons (Fsp3) is 0.533. The predicted molar refractivity (Wildman–Crippen MR) is 86.9 cm³/mol. The topological polar surface area (TPSA) is 35.6 Å². The van der Waals surface area contributed by atoms with Gasteiger partial charge >= 0.3 is 0 Å². The van der Waals surface area contributed by atoms with Crippen LogP contribution in [0, 0.1) is 0 Å². The lowest BCUT2D eigenvalue weighted by Gasteiger charge is -2.28.